The van der Waals surface area contributed by atoms with Gasteiger partial charge in [0.1, 0.15) is 11.5 Å². The lowest BCUT2D eigenvalue weighted by atomic mass is 9.89. The van der Waals surface area contributed by atoms with Gasteiger partial charge < -0.3 is 9.84 Å². The van der Waals surface area contributed by atoms with Crippen LogP contribution in [-0.4, -0.2) is 11.1 Å². The van der Waals surface area contributed by atoms with Crippen molar-refractivity contribution in [2.75, 3.05) is 0 Å². The maximum Gasteiger partial charge on any atom is 0.314 e. The van der Waals surface area contributed by atoms with Crippen molar-refractivity contribution in [1.29, 1.82) is 0 Å². The van der Waals surface area contributed by atoms with Crippen LogP contribution in [-0.2, 0) is 17.6 Å². The summed E-state index contributed by atoms with van der Waals surface area (Å²) in [7, 11) is 0. The number of rotatable bonds is 4. The molecule has 0 saturated heterocycles. The minimum atomic E-state index is -0.0473. The van der Waals surface area contributed by atoms with Crippen molar-refractivity contribution in [3.63, 3.8) is 0 Å². The molecule has 3 rings (SSSR count). The third-order valence-electron chi connectivity index (χ3n) is 4.83. The molecule has 1 N–H and O–H groups in total. The quantitative estimate of drug-likeness (QED) is 0.567. The van der Waals surface area contributed by atoms with Gasteiger partial charge in [-0.05, 0) is 61.1 Å². The van der Waals surface area contributed by atoms with Gasteiger partial charge in [0.2, 0.25) is 0 Å². The summed E-state index contributed by atoms with van der Waals surface area (Å²) in [5.74, 6) is 1.09. The Labute approximate surface area is 157 Å². The number of carbonyl (C=O) groups is 1. The van der Waals surface area contributed by atoms with E-state index < -0.39 is 0 Å². The molecule has 1 aliphatic rings. The van der Waals surface area contributed by atoms with E-state index in [2.05, 4.69) is 13.8 Å². The van der Waals surface area contributed by atoms with Gasteiger partial charge in [-0.2, -0.15) is 0 Å². The lowest BCUT2D eigenvalue weighted by Crippen LogP contribution is -2.22. The normalized spacial score (nSPS) is 14.2. The molecule has 2 aromatic rings. The number of aromatic hydroxyl groups is 1. The molecule has 0 atom stereocenters. The number of carbonyl (C=O) groups excluding carboxylic acids is 1. The van der Waals surface area contributed by atoms with Crippen LogP contribution in [0.1, 0.15) is 57.1 Å². The Kier molecular flexibility index (Phi) is 8.20. The number of hydrogen-bond acceptors (Lipinski definition) is 3. The van der Waals surface area contributed by atoms with Gasteiger partial charge in [-0.3, -0.25) is 4.79 Å². The fourth-order valence-corrected chi connectivity index (χ4v) is 3.06. The van der Waals surface area contributed by atoms with Crippen LogP contribution >= 0.6 is 0 Å². The second-order valence-electron chi connectivity index (χ2n) is 6.77. The van der Waals surface area contributed by atoms with Crippen LogP contribution < -0.4 is 4.74 Å². The van der Waals surface area contributed by atoms with Gasteiger partial charge in [0.05, 0.1) is 5.92 Å². The van der Waals surface area contributed by atoms with E-state index in [1.807, 2.05) is 36.4 Å². The Morgan fingerprint density at radius 2 is 1.38 bits per heavy atom. The van der Waals surface area contributed by atoms with E-state index in [-0.39, 0.29) is 11.9 Å². The second-order valence-corrected chi connectivity index (χ2v) is 6.77. The number of esters is 1. The fraction of sp³-hybridized carbons (Fsp3) is 0.435. The minimum absolute atomic E-state index is 0.0473. The molecule has 26 heavy (non-hydrogen) atoms. The number of hydrogen-bond donors (Lipinski definition) is 1. The summed E-state index contributed by atoms with van der Waals surface area (Å²) < 4.78 is 5.41. The van der Waals surface area contributed by atoms with Crippen molar-refractivity contribution < 1.29 is 14.6 Å². The molecule has 1 saturated carbocycles. The molecule has 0 spiro atoms. The molecular formula is C23H30O3. The van der Waals surface area contributed by atoms with Crippen LogP contribution in [0.15, 0.2) is 48.5 Å². The van der Waals surface area contributed by atoms with Crippen LogP contribution in [0.3, 0.4) is 0 Å². The van der Waals surface area contributed by atoms with E-state index in [1.165, 1.54) is 17.5 Å². The first-order chi connectivity index (χ1) is 12.6. The minimum Gasteiger partial charge on any atom is -0.508 e. The highest BCUT2D eigenvalue weighted by molar-refractivity contribution is 5.75. The number of phenols is 1. The second kappa shape index (κ2) is 10.6. The van der Waals surface area contributed by atoms with Gasteiger partial charge in [-0.25, -0.2) is 0 Å². The number of ether oxygens (including phenoxy) is 1. The predicted molar refractivity (Wildman–Crippen MR) is 106 cm³/mol. The lowest BCUT2D eigenvalue weighted by Gasteiger charge is -2.19. The lowest BCUT2D eigenvalue weighted by molar-refractivity contribution is -0.139. The van der Waals surface area contributed by atoms with Gasteiger partial charge in [0.15, 0.2) is 0 Å². The summed E-state index contributed by atoms with van der Waals surface area (Å²) >= 11 is 0. The Morgan fingerprint density at radius 1 is 0.885 bits per heavy atom. The molecule has 1 aliphatic carbocycles. The molecule has 0 bridgehead atoms. The molecule has 0 aliphatic heterocycles. The van der Waals surface area contributed by atoms with Crippen LogP contribution in [0, 0.1) is 5.92 Å². The molecule has 1 fully saturated rings. The molecule has 0 aromatic heterocycles. The monoisotopic (exact) mass is 354 g/mol. The van der Waals surface area contributed by atoms with Crippen molar-refractivity contribution in [2.45, 2.75) is 58.8 Å². The SMILES string of the molecule is CCc1ccc(O)cc1.CCc1ccc(OC(=O)C2CCCCC2)cc1. The van der Waals surface area contributed by atoms with E-state index >= 15 is 0 Å². The van der Waals surface area contributed by atoms with Crippen molar-refractivity contribution in [3.05, 3.63) is 59.7 Å². The molecule has 3 heteroatoms. The molecule has 140 valence electrons. The highest BCUT2D eigenvalue weighted by atomic mass is 16.5. The first-order valence-electron chi connectivity index (χ1n) is 9.71. The van der Waals surface area contributed by atoms with Gasteiger partial charge >= 0.3 is 5.97 Å². The van der Waals surface area contributed by atoms with Crippen molar-refractivity contribution in [3.8, 4) is 11.5 Å². The largest absolute Gasteiger partial charge is 0.508 e. The maximum atomic E-state index is 11.9. The van der Waals surface area contributed by atoms with Crippen molar-refractivity contribution >= 4 is 5.97 Å². The summed E-state index contributed by atoms with van der Waals surface area (Å²) in [4.78, 5) is 11.9. The third kappa shape index (κ3) is 6.55. The summed E-state index contributed by atoms with van der Waals surface area (Å²) in [6.07, 6.45) is 7.60. The average Bonchev–Trinajstić information content (AvgIpc) is 2.70. The highest BCUT2D eigenvalue weighted by Crippen LogP contribution is 2.25. The standard InChI is InChI=1S/C15H20O2.C8H10O/c1-2-12-8-10-14(11-9-12)17-15(16)13-6-4-3-5-7-13;1-2-7-3-5-8(9)6-4-7/h8-11,13H,2-7H2,1H3;3-6,9H,2H2,1H3. The van der Waals surface area contributed by atoms with Gasteiger partial charge in [0, 0.05) is 0 Å². The van der Waals surface area contributed by atoms with E-state index in [4.69, 9.17) is 9.84 Å². The Morgan fingerprint density at radius 3 is 1.88 bits per heavy atom. The fourth-order valence-electron chi connectivity index (χ4n) is 3.06. The zero-order chi connectivity index (χ0) is 18.8. The Hall–Kier alpha value is -2.29. The number of benzene rings is 2. The highest BCUT2D eigenvalue weighted by Gasteiger charge is 2.22. The van der Waals surface area contributed by atoms with Crippen LogP contribution in [0.25, 0.3) is 0 Å². The van der Waals surface area contributed by atoms with Gasteiger partial charge in [0.25, 0.3) is 0 Å². The zero-order valence-corrected chi connectivity index (χ0v) is 15.9. The topological polar surface area (TPSA) is 46.5 Å². The van der Waals surface area contributed by atoms with E-state index in [9.17, 15) is 4.79 Å². The van der Waals surface area contributed by atoms with Crippen molar-refractivity contribution in [1.82, 2.24) is 0 Å². The molecule has 0 heterocycles. The molecule has 0 amide bonds. The first kappa shape index (κ1) is 20.0. The zero-order valence-electron chi connectivity index (χ0n) is 15.9. The summed E-state index contributed by atoms with van der Waals surface area (Å²) in [5, 5.41) is 8.85. The summed E-state index contributed by atoms with van der Waals surface area (Å²) in [6, 6.07) is 15.1. The predicted octanol–water partition coefficient (Wildman–Crippen LogP) is 5.69. The maximum absolute atomic E-state index is 11.9. The Bertz CT molecular complexity index is 653. The number of aryl methyl sites for hydroxylation is 2. The summed E-state index contributed by atoms with van der Waals surface area (Å²) in [6.45, 7) is 4.20. The number of phenolic OH excluding ortho intramolecular Hbond substituents is 1. The van der Waals surface area contributed by atoms with Crippen molar-refractivity contribution in [2.24, 2.45) is 5.92 Å². The van der Waals surface area contributed by atoms with E-state index in [0.29, 0.717) is 11.5 Å². The first-order valence-corrected chi connectivity index (χ1v) is 9.71. The Balaban J connectivity index is 0.000000228. The smallest absolute Gasteiger partial charge is 0.314 e. The molecule has 2 aromatic carbocycles. The molecule has 3 nitrogen and oxygen atoms in total. The average molecular weight is 354 g/mol. The van der Waals surface area contributed by atoms with Crippen LogP contribution in [0.5, 0.6) is 11.5 Å². The van der Waals surface area contributed by atoms with E-state index in [1.54, 1.807) is 12.1 Å². The van der Waals surface area contributed by atoms with Gasteiger partial charge in [-0.15, -0.1) is 0 Å². The third-order valence-corrected chi connectivity index (χ3v) is 4.83. The molecule has 0 radical (unpaired) electrons. The van der Waals surface area contributed by atoms with Crippen LogP contribution in [0.2, 0.25) is 0 Å². The molecule has 0 unspecified atom stereocenters. The van der Waals surface area contributed by atoms with E-state index in [0.717, 1.165) is 38.5 Å². The summed E-state index contributed by atoms with van der Waals surface area (Å²) in [5.41, 5.74) is 2.52. The van der Waals surface area contributed by atoms with Crippen LogP contribution in [0.4, 0.5) is 0 Å². The molecular weight excluding hydrogens is 324 g/mol. The van der Waals surface area contributed by atoms with Gasteiger partial charge in [-0.1, -0.05) is 57.4 Å².